The standard InChI is InChI=1S/C9H21N3O2S/c1-2-9(5-6-10)11-15(13,14)12-7-3-4-8-12/h9,11H,2-8,10H2,1H3. The largest absolute Gasteiger partial charge is 0.330 e. The van der Waals surface area contributed by atoms with E-state index >= 15 is 0 Å². The first kappa shape index (κ1) is 12.9. The Balaban J connectivity index is 2.53. The molecule has 1 aliphatic rings. The molecule has 15 heavy (non-hydrogen) atoms. The lowest BCUT2D eigenvalue weighted by molar-refractivity contribution is 0.443. The van der Waals surface area contributed by atoms with Crippen LogP contribution in [0.2, 0.25) is 0 Å². The molecule has 1 heterocycles. The molecule has 90 valence electrons. The van der Waals surface area contributed by atoms with Crippen LogP contribution in [-0.4, -0.2) is 38.4 Å². The Morgan fingerprint density at radius 2 is 2.00 bits per heavy atom. The highest BCUT2D eigenvalue weighted by atomic mass is 32.2. The van der Waals surface area contributed by atoms with Gasteiger partial charge >= 0.3 is 0 Å². The van der Waals surface area contributed by atoms with Crippen LogP contribution in [0.5, 0.6) is 0 Å². The van der Waals surface area contributed by atoms with Crippen molar-refractivity contribution in [2.24, 2.45) is 5.73 Å². The summed E-state index contributed by atoms with van der Waals surface area (Å²) in [5, 5.41) is 0. The third-order valence-electron chi connectivity index (χ3n) is 2.73. The van der Waals surface area contributed by atoms with Gasteiger partial charge in [0.05, 0.1) is 0 Å². The average molecular weight is 235 g/mol. The Morgan fingerprint density at radius 1 is 1.40 bits per heavy atom. The fourth-order valence-corrected chi connectivity index (χ4v) is 3.35. The first-order chi connectivity index (χ1) is 7.10. The summed E-state index contributed by atoms with van der Waals surface area (Å²) in [4.78, 5) is 0. The van der Waals surface area contributed by atoms with Crippen molar-refractivity contribution in [3.63, 3.8) is 0 Å². The predicted octanol–water partition coefficient (Wildman–Crippen LogP) is 0.0440. The van der Waals surface area contributed by atoms with E-state index in [4.69, 9.17) is 5.73 Å². The first-order valence-electron chi connectivity index (χ1n) is 5.57. The average Bonchev–Trinajstić information content (AvgIpc) is 2.70. The maximum atomic E-state index is 11.9. The third kappa shape index (κ3) is 3.71. The molecule has 0 aromatic carbocycles. The number of nitrogens with one attached hydrogen (secondary N) is 1. The zero-order valence-electron chi connectivity index (χ0n) is 9.28. The van der Waals surface area contributed by atoms with E-state index < -0.39 is 10.2 Å². The van der Waals surface area contributed by atoms with Crippen LogP contribution in [0.3, 0.4) is 0 Å². The molecule has 5 nitrogen and oxygen atoms in total. The third-order valence-corrected chi connectivity index (χ3v) is 4.40. The van der Waals surface area contributed by atoms with Gasteiger partial charge in [0.15, 0.2) is 0 Å². The minimum atomic E-state index is -3.27. The molecule has 6 heteroatoms. The Kier molecular flexibility index (Phi) is 4.98. The molecule has 0 bridgehead atoms. The van der Waals surface area contributed by atoms with Gasteiger partial charge in [-0.1, -0.05) is 6.92 Å². The van der Waals surface area contributed by atoms with Crippen molar-refractivity contribution in [2.75, 3.05) is 19.6 Å². The van der Waals surface area contributed by atoms with E-state index in [0.29, 0.717) is 26.1 Å². The number of nitrogens with zero attached hydrogens (tertiary/aromatic N) is 1. The number of rotatable bonds is 6. The van der Waals surface area contributed by atoms with Crippen molar-refractivity contribution in [1.82, 2.24) is 9.03 Å². The van der Waals surface area contributed by atoms with E-state index in [9.17, 15) is 8.42 Å². The van der Waals surface area contributed by atoms with E-state index in [2.05, 4.69) is 4.72 Å². The maximum Gasteiger partial charge on any atom is 0.279 e. The van der Waals surface area contributed by atoms with Crippen LogP contribution in [0.15, 0.2) is 0 Å². The van der Waals surface area contributed by atoms with Gasteiger partial charge in [-0.2, -0.15) is 17.4 Å². The normalized spacial score (nSPS) is 20.7. The summed E-state index contributed by atoms with van der Waals surface area (Å²) in [6, 6.07) is -0.0272. The predicted molar refractivity (Wildman–Crippen MR) is 60.6 cm³/mol. The first-order valence-corrected chi connectivity index (χ1v) is 7.01. The van der Waals surface area contributed by atoms with E-state index in [1.165, 1.54) is 4.31 Å². The summed E-state index contributed by atoms with van der Waals surface area (Å²) in [6.07, 6.45) is 3.41. The van der Waals surface area contributed by atoms with Gasteiger partial charge in [-0.3, -0.25) is 0 Å². The molecular formula is C9H21N3O2S. The molecular weight excluding hydrogens is 214 g/mol. The summed E-state index contributed by atoms with van der Waals surface area (Å²) in [6.45, 7) is 3.77. The molecule has 0 aliphatic carbocycles. The van der Waals surface area contributed by atoms with Crippen molar-refractivity contribution in [3.8, 4) is 0 Å². The molecule has 0 aromatic rings. The molecule has 0 spiro atoms. The van der Waals surface area contributed by atoms with Crippen molar-refractivity contribution in [1.29, 1.82) is 0 Å². The van der Waals surface area contributed by atoms with Gasteiger partial charge in [0, 0.05) is 19.1 Å². The van der Waals surface area contributed by atoms with Crippen LogP contribution in [0.25, 0.3) is 0 Å². The molecule has 1 saturated heterocycles. The van der Waals surface area contributed by atoms with Crippen molar-refractivity contribution in [2.45, 2.75) is 38.6 Å². The number of hydrogen-bond donors (Lipinski definition) is 2. The zero-order valence-corrected chi connectivity index (χ0v) is 10.1. The zero-order chi connectivity index (χ0) is 11.3. The van der Waals surface area contributed by atoms with Crippen LogP contribution in [0.1, 0.15) is 32.6 Å². The number of hydrogen-bond acceptors (Lipinski definition) is 3. The van der Waals surface area contributed by atoms with Crippen LogP contribution >= 0.6 is 0 Å². The van der Waals surface area contributed by atoms with Gasteiger partial charge in [-0.15, -0.1) is 0 Å². The minimum Gasteiger partial charge on any atom is -0.330 e. The second kappa shape index (κ2) is 5.79. The molecule has 0 amide bonds. The van der Waals surface area contributed by atoms with Crippen molar-refractivity contribution >= 4 is 10.2 Å². The van der Waals surface area contributed by atoms with Crippen molar-refractivity contribution < 1.29 is 8.42 Å². The second-order valence-electron chi connectivity index (χ2n) is 3.91. The highest BCUT2D eigenvalue weighted by Gasteiger charge is 2.26. The lowest BCUT2D eigenvalue weighted by Gasteiger charge is -2.21. The molecule has 1 rings (SSSR count). The van der Waals surface area contributed by atoms with Crippen LogP contribution in [0.4, 0.5) is 0 Å². The number of nitrogens with two attached hydrogens (primary N) is 1. The Bertz CT molecular complexity index is 273. The second-order valence-corrected chi connectivity index (χ2v) is 5.61. The van der Waals surface area contributed by atoms with Gasteiger partial charge in [-0.05, 0) is 32.2 Å². The summed E-state index contributed by atoms with van der Waals surface area (Å²) in [5.74, 6) is 0. The maximum absolute atomic E-state index is 11.9. The summed E-state index contributed by atoms with van der Waals surface area (Å²) in [7, 11) is -3.27. The molecule has 1 atom stereocenters. The van der Waals surface area contributed by atoms with E-state index in [-0.39, 0.29) is 6.04 Å². The van der Waals surface area contributed by atoms with Gasteiger partial charge in [-0.25, -0.2) is 0 Å². The van der Waals surface area contributed by atoms with Crippen LogP contribution in [0, 0.1) is 0 Å². The smallest absolute Gasteiger partial charge is 0.279 e. The Hall–Kier alpha value is -0.170. The minimum absolute atomic E-state index is 0.0272. The molecule has 1 fully saturated rings. The highest BCUT2D eigenvalue weighted by molar-refractivity contribution is 7.87. The monoisotopic (exact) mass is 235 g/mol. The van der Waals surface area contributed by atoms with E-state index in [1.54, 1.807) is 0 Å². The highest BCUT2D eigenvalue weighted by Crippen LogP contribution is 2.12. The molecule has 1 aliphatic heterocycles. The molecule has 3 N–H and O–H groups in total. The lowest BCUT2D eigenvalue weighted by atomic mass is 10.2. The topological polar surface area (TPSA) is 75.4 Å². The van der Waals surface area contributed by atoms with Gasteiger partial charge in [0.25, 0.3) is 10.2 Å². The van der Waals surface area contributed by atoms with Gasteiger partial charge < -0.3 is 5.73 Å². The quantitative estimate of drug-likeness (QED) is 0.683. The molecule has 0 saturated carbocycles. The SMILES string of the molecule is CCC(CCN)NS(=O)(=O)N1CCCC1. The van der Waals surface area contributed by atoms with Gasteiger partial charge in [0.1, 0.15) is 0 Å². The van der Waals surface area contributed by atoms with Crippen LogP contribution < -0.4 is 10.5 Å². The summed E-state index contributed by atoms with van der Waals surface area (Å²) >= 11 is 0. The Morgan fingerprint density at radius 3 is 2.47 bits per heavy atom. The fraction of sp³-hybridized carbons (Fsp3) is 1.00. The van der Waals surface area contributed by atoms with Crippen LogP contribution in [-0.2, 0) is 10.2 Å². The summed E-state index contributed by atoms with van der Waals surface area (Å²) < 4.78 is 27.9. The van der Waals surface area contributed by atoms with E-state index in [1.807, 2.05) is 6.92 Å². The fourth-order valence-electron chi connectivity index (χ4n) is 1.76. The molecule has 1 unspecified atom stereocenters. The Labute approximate surface area is 92.2 Å². The van der Waals surface area contributed by atoms with Gasteiger partial charge in [0.2, 0.25) is 0 Å². The molecule has 0 aromatic heterocycles. The van der Waals surface area contributed by atoms with Crippen molar-refractivity contribution in [3.05, 3.63) is 0 Å². The lowest BCUT2D eigenvalue weighted by Crippen LogP contribution is -2.44. The summed E-state index contributed by atoms with van der Waals surface area (Å²) in [5.41, 5.74) is 5.43. The molecule has 0 radical (unpaired) electrons. The van der Waals surface area contributed by atoms with E-state index in [0.717, 1.165) is 19.3 Å².